The van der Waals surface area contributed by atoms with Gasteiger partial charge in [-0.15, -0.1) is 0 Å². The Morgan fingerprint density at radius 1 is 1.00 bits per heavy atom. The van der Waals surface area contributed by atoms with E-state index in [4.69, 9.17) is 4.74 Å². The Bertz CT molecular complexity index is 1850. The van der Waals surface area contributed by atoms with Gasteiger partial charge in [0.25, 0.3) is 5.91 Å². The first-order valence-corrected chi connectivity index (χ1v) is 12.2. The Labute approximate surface area is 225 Å². The first-order chi connectivity index (χ1) is 19.3. The molecule has 0 radical (unpaired) electrons. The van der Waals surface area contributed by atoms with Gasteiger partial charge in [-0.25, -0.2) is 9.50 Å². The zero-order valence-corrected chi connectivity index (χ0v) is 21.1. The molecule has 40 heavy (non-hydrogen) atoms. The van der Waals surface area contributed by atoms with Crippen molar-refractivity contribution >= 4 is 28.0 Å². The molecule has 0 spiro atoms. The minimum Gasteiger partial charge on any atom is -0.497 e. The van der Waals surface area contributed by atoms with Crippen LogP contribution in [0.1, 0.15) is 21.7 Å². The summed E-state index contributed by atoms with van der Waals surface area (Å²) in [6, 6.07) is 22.6. The fraction of sp³-hybridized carbons (Fsp3) is 0.103. The third-order valence-electron chi connectivity index (χ3n) is 6.44. The summed E-state index contributed by atoms with van der Waals surface area (Å²) in [6.45, 7) is 0.471. The maximum absolute atomic E-state index is 13.9. The van der Waals surface area contributed by atoms with Gasteiger partial charge in [0.05, 0.1) is 31.2 Å². The number of methoxy groups -OCH3 is 1. The lowest BCUT2D eigenvalue weighted by Crippen LogP contribution is -2.15. The topological polar surface area (TPSA) is 86.3 Å². The average Bonchev–Trinajstić information content (AvgIpc) is 3.59. The maximum Gasteiger partial charge on any atom is 0.433 e. The molecule has 6 rings (SSSR count). The molecule has 6 aromatic rings. The number of fused-ring (bicyclic) bond motifs is 2. The van der Waals surface area contributed by atoms with Crippen molar-refractivity contribution in [2.45, 2.75) is 12.7 Å². The van der Waals surface area contributed by atoms with Gasteiger partial charge in [0.1, 0.15) is 5.75 Å². The van der Waals surface area contributed by atoms with Crippen molar-refractivity contribution in [1.82, 2.24) is 24.4 Å². The molecule has 0 unspecified atom stereocenters. The van der Waals surface area contributed by atoms with Gasteiger partial charge in [-0.05, 0) is 46.7 Å². The van der Waals surface area contributed by atoms with Gasteiger partial charge >= 0.3 is 6.18 Å². The quantitative estimate of drug-likeness (QED) is 0.276. The van der Waals surface area contributed by atoms with Gasteiger partial charge in [-0.1, -0.05) is 42.5 Å². The fourth-order valence-corrected chi connectivity index (χ4v) is 4.51. The summed E-state index contributed by atoms with van der Waals surface area (Å²) in [6.07, 6.45) is -1.61. The number of carbonyl (C=O) groups is 1. The summed E-state index contributed by atoms with van der Waals surface area (Å²) < 4.78 is 49.3. The number of hydrogen-bond acceptors (Lipinski definition) is 5. The summed E-state index contributed by atoms with van der Waals surface area (Å²) in [7, 11) is 1.50. The van der Waals surface area contributed by atoms with Crippen LogP contribution in [0.3, 0.4) is 0 Å². The lowest BCUT2D eigenvalue weighted by Gasteiger charge is -2.11. The normalized spacial score (nSPS) is 11.7. The average molecular weight is 543 g/mol. The molecule has 11 heteroatoms. The molecule has 3 heterocycles. The van der Waals surface area contributed by atoms with Gasteiger partial charge in [-0.3, -0.25) is 9.48 Å². The van der Waals surface area contributed by atoms with E-state index in [9.17, 15) is 18.0 Å². The summed E-state index contributed by atoms with van der Waals surface area (Å²) in [5.41, 5.74) is 0.598. The number of nitrogens with one attached hydrogen (secondary N) is 1. The number of hydrogen-bond donors (Lipinski definition) is 1. The summed E-state index contributed by atoms with van der Waals surface area (Å²) in [4.78, 5) is 17.3. The van der Waals surface area contributed by atoms with E-state index in [1.165, 1.54) is 19.4 Å². The summed E-state index contributed by atoms with van der Waals surface area (Å²) >= 11 is 0. The number of carbonyl (C=O) groups excluding carboxylic acids is 1. The van der Waals surface area contributed by atoms with Crippen LogP contribution in [0.5, 0.6) is 5.75 Å². The van der Waals surface area contributed by atoms with Gasteiger partial charge in [0, 0.05) is 17.8 Å². The molecular formula is C29H21F3N6O2. The second-order valence-electron chi connectivity index (χ2n) is 9.07. The SMILES string of the molecule is COc1ccc(-c2cc(C(F)(F)F)n3nc(C(=O)Nc4cnn(Cc5cccc6ccccc56)c4)cc3n2)cc1. The number of alkyl halides is 3. The molecule has 0 aliphatic heterocycles. The minimum absolute atomic E-state index is 0.0871. The highest BCUT2D eigenvalue weighted by Gasteiger charge is 2.35. The highest BCUT2D eigenvalue weighted by Crippen LogP contribution is 2.33. The second kappa shape index (κ2) is 9.84. The molecular weight excluding hydrogens is 521 g/mol. The first-order valence-electron chi connectivity index (χ1n) is 12.2. The molecule has 1 N–H and O–H groups in total. The number of benzene rings is 3. The molecule has 0 aliphatic carbocycles. The van der Waals surface area contributed by atoms with Gasteiger partial charge < -0.3 is 10.1 Å². The Balaban J connectivity index is 1.27. The second-order valence-corrected chi connectivity index (χ2v) is 9.07. The van der Waals surface area contributed by atoms with Crippen LogP contribution in [-0.4, -0.2) is 37.4 Å². The van der Waals surface area contributed by atoms with Crippen molar-refractivity contribution < 1.29 is 22.7 Å². The minimum atomic E-state index is -4.73. The number of anilines is 1. The molecule has 0 aliphatic rings. The van der Waals surface area contributed by atoms with Crippen LogP contribution in [0.4, 0.5) is 18.9 Å². The Kier molecular flexibility index (Phi) is 6.18. The number of halogens is 3. The predicted octanol–water partition coefficient (Wildman–Crippen LogP) is 6.07. The van der Waals surface area contributed by atoms with E-state index in [2.05, 4.69) is 20.5 Å². The van der Waals surface area contributed by atoms with Crippen LogP contribution in [0.25, 0.3) is 27.7 Å². The molecule has 3 aromatic carbocycles. The molecule has 0 atom stereocenters. The zero-order chi connectivity index (χ0) is 27.9. The van der Waals surface area contributed by atoms with Crippen LogP contribution in [0.15, 0.2) is 91.3 Å². The molecule has 0 saturated heterocycles. The van der Waals surface area contributed by atoms with Crippen molar-refractivity contribution in [1.29, 1.82) is 0 Å². The highest BCUT2D eigenvalue weighted by atomic mass is 19.4. The van der Waals surface area contributed by atoms with Crippen molar-refractivity contribution in [3.8, 4) is 17.0 Å². The van der Waals surface area contributed by atoms with Gasteiger partial charge in [0.15, 0.2) is 17.0 Å². The number of ether oxygens (including phenoxy) is 1. The first kappa shape index (κ1) is 25.1. The maximum atomic E-state index is 13.9. The number of amides is 1. The van der Waals surface area contributed by atoms with Crippen LogP contribution in [0.2, 0.25) is 0 Å². The lowest BCUT2D eigenvalue weighted by molar-refractivity contribution is -0.142. The number of aromatic nitrogens is 5. The predicted molar refractivity (Wildman–Crippen MR) is 143 cm³/mol. The molecule has 3 aromatic heterocycles. The molecule has 200 valence electrons. The number of rotatable bonds is 6. The highest BCUT2D eigenvalue weighted by molar-refractivity contribution is 6.03. The van der Waals surface area contributed by atoms with E-state index < -0.39 is 17.8 Å². The van der Waals surface area contributed by atoms with Crippen molar-refractivity contribution in [2.24, 2.45) is 0 Å². The van der Waals surface area contributed by atoms with Crippen LogP contribution in [0, 0.1) is 0 Å². The molecule has 0 saturated carbocycles. The van der Waals surface area contributed by atoms with Gasteiger partial charge in [0.2, 0.25) is 0 Å². The summed E-state index contributed by atoms with van der Waals surface area (Å²) in [5, 5.41) is 13.1. The smallest absolute Gasteiger partial charge is 0.433 e. The monoisotopic (exact) mass is 542 g/mol. The standard InChI is InChI=1S/C29H21F3N6O2/c1-40-22-11-9-19(10-12-22)24-13-26(29(30,31)32)38-27(35-24)14-25(36-38)28(39)34-21-15-33-37(17-21)16-20-7-4-6-18-5-2-3-8-23(18)20/h2-15,17H,16H2,1H3,(H,34,39). The summed E-state index contributed by atoms with van der Waals surface area (Å²) in [5.74, 6) is -0.126. The van der Waals surface area contributed by atoms with E-state index in [0.717, 1.165) is 22.4 Å². The Hall–Kier alpha value is -5.19. The van der Waals surface area contributed by atoms with E-state index in [1.807, 2.05) is 42.5 Å². The third-order valence-corrected chi connectivity index (χ3v) is 6.44. The van der Waals surface area contributed by atoms with Crippen molar-refractivity contribution in [3.05, 3.63) is 108 Å². The van der Waals surface area contributed by atoms with Crippen LogP contribution < -0.4 is 10.1 Å². The van der Waals surface area contributed by atoms with Gasteiger partial charge in [-0.2, -0.15) is 23.4 Å². The fourth-order valence-electron chi connectivity index (χ4n) is 4.51. The third kappa shape index (κ3) is 4.84. The van der Waals surface area contributed by atoms with E-state index in [1.54, 1.807) is 35.1 Å². The Morgan fingerprint density at radius 3 is 2.55 bits per heavy atom. The van der Waals surface area contributed by atoms with Crippen LogP contribution in [-0.2, 0) is 12.7 Å². The largest absolute Gasteiger partial charge is 0.497 e. The Morgan fingerprint density at radius 2 is 1.77 bits per heavy atom. The van der Waals surface area contributed by atoms with E-state index in [0.29, 0.717) is 28.1 Å². The van der Waals surface area contributed by atoms with E-state index >= 15 is 0 Å². The van der Waals surface area contributed by atoms with Crippen molar-refractivity contribution in [3.63, 3.8) is 0 Å². The van der Waals surface area contributed by atoms with Crippen molar-refractivity contribution in [2.75, 3.05) is 12.4 Å². The molecule has 0 bridgehead atoms. The molecule has 8 nitrogen and oxygen atoms in total. The lowest BCUT2D eigenvalue weighted by atomic mass is 10.0. The number of nitrogens with zero attached hydrogens (tertiary/aromatic N) is 5. The van der Waals surface area contributed by atoms with E-state index in [-0.39, 0.29) is 17.0 Å². The molecule has 1 amide bonds. The van der Waals surface area contributed by atoms with Crippen LogP contribution >= 0.6 is 0 Å². The zero-order valence-electron chi connectivity index (χ0n) is 21.1. The molecule has 0 fully saturated rings.